The largest absolute Gasteiger partial charge is 0.318 e. The second-order valence-corrected chi connectivity index (χ2v) is 7.03. The molecule has 1 heterocycles. The van der Waals surface area contributed by atoms with Crippen molar-refractivity contribution in [3.8, 4) is 5.69 Å². The molecule has 0 saturated heterocycles. The maximum Gasteiger partial charge on any atom is 0.244 e. The molecule has 0 spiro atoms. The van der Waals surface area contributed by atoms with Crippen molar-refractivity contribution in [2.45, 2.75) is 20.3 Å². The summed E-state index contributed by atoms with van der Waals surface area (Å²) in [6, 6.07) is 17.1. The smallest absolute Gasteiger partial charge is 0.244 e. The molecular formula is C21H19Cl2N3O. The molecule has 0 aliphatic heterocycles. The van der Waals surface area contributed by atoms with Crippen LogP contribution in [0.4, 0.5) is 0 Å². The van der Waals surface area contributed by atoms with Gasteiger partial charge in [0.1, 0.15) is 0 Å². The minimum atomic E-state index is -0.157. The SMILES string of the molecule is Cc1cc(/C=N\NC(=O)Cc2ccccc2)c(C)n1-c1ccc(Cl)c(Cl)c1. The average Bonchev–Trinajstić information content (AvgIpc) is 2.92. The molecule has 0 bridgehead atoms. The second-order valence-electron chi connectivity index (χ2n) is 6.22. The Bertz CT molecular complexity index is 994. The van der Waals surface area contributed by atoms with Gasteiger partial charge in [0.2, 0.25) is 5.91 Å². The Hall–Kier alpha value is -2.56. The van der Waals surface area contributed by atoms with Gasteiger partial charge in [-0.3, -0.25) is 4.79 Å². The molecule has 4 nitrogen and oxygen atoms in total. The molecule has 0 atom stereocenters. The molecule has 138 valence electrons. The van der Waals surface area contributed by atoms with Gasteiger partial charge in [0.05, 0.1) is 22.7 Å². The predicted octanol–water partition coefficient (Wildman–Crippen LogP) is 5.09. The van der Waals surface area contributed by atoms with Crippen molar-refractivity contribution in [3.63, 3.8) is 0 Å². The number of benzene rings is 2. The lowest BCUT2D eigenvalue weighted by atomic mass is 10.1. The fraction of sp³-hybridized carbons (Fsp3) is 0.143. The van der Waals surface area contributed by atoms with E-state index in [4.69, 9.17) is 23.2 Å². The zero-order valence-electron chi connectivity index (χ0n) is 15.0. The summed E-state index contributed by atoms with van der Waals surface area (Å²) in [5.74, 6) is -0.157. The van der Waals surface area contributed by atoms with E-state index in [2.05, 4.69) is 15.1 Å². The molecule has 1 N–H and O–H groups in total. The van der Waals surface area contributed by atoms with E-state index in [1.165, 1.54) is 0 Å². The molecule has 2 aromatic carbocycles. The molecule has 0 aliphatic carbocycles. The number of aromatic nitrogens is 1. The van der Waals surface area contributed by atoms with E-state index in [-0.39, 0.29) is 5.91 Å². The van der Waals surface area contributed by atoms with Crippen LogP contribution >= 0.6 is 23.2 Å². The van der Waals surface area contributed by atoms with Crippen LogP contribution in [0.5, 0.6) is 0 Å². The fourth-order valence-corrected chi connectivity index (χ4v) is 3.23. The summed E-state index contributed by atoms with van der Waals surface area (Å²) in [5.41, 5.74) is 7.38. The summed E-state index contributed by atoms with van der Waals surface area (Å²) < 4.78 is 2.06. The van der Waals surface area contributed by atoms with E-state index >= 15 is 0 Å². The van der Waals surface area contributed by atoms with Gasteiger partial charge in [-0.2, -0.15) is 5.10 Å². The highest BCUT2D eigenvalue weighted by atomic mass is 35.5. The summed E-state index contributed by atoms with van der Waals surface area (Å²) in [6.45, 7) is 3.99. The minimum Gasteiger partial charge on any atom is -0.318 e. The molecular weight excluding hydrogens is 381 g/mol. The maximum absolute atomic E-state index is 12.0. The van der Waals surface area contributed by atoms with Crippen molar-refractivity contribution in [2.75, 3.05) is 0 Å². The first-order chi connectivity index (χ1) is 13.0. The summed E-state index contributed by atoms with van der Waals surface area (Å²) in [5, 5.41) is 5.12. The standard InChI is InChI=1S/C21H19Cl2N3O/c1-14-10-17(13-24-25-21(27)11-16-6-4-3-5-7-16)15(2)26(14)18-8-9-19(22)20(23)12-18/h3-10,12-13H,11H2,1-2H3,(H,25,27)/b24-13-. The predicted molar refractivity (Wildman–Crippen MR) is 111 cm³/mol. The topological polar surface area (TPSA) is 46.4 Å². The van der Waals surface area contributed by atoms with Gasteiger partial charge in [-0.1, -0.05) is 53.5 Å². The van der Waals surface area contributed by atoms with Gasteiger partial charge in [-0.15, -0.1) is 0 Å². The number of aryl methyl sites for hydroxylation is 1. The van der Waals surface area contributed by atoms with Crippen molar-refractivity contribution in [2.24, 2.45) is 5.10 Å². The van der Waals surface area contributed by atoms with Crippen LogP contribution in [0.2, 0.25) is 10.0 Å². The Labute approximate surface area is 168 Å². The van der Waals surface area contributed by atoms with E-state index in [0.29, 0.717) is 16.5 Å². The fourth-order valence-electron chi connectivity index (χ4n) is 2.93. The lowest BCUT2D eigenvalue weighted by molar-refractivity contribution is -0.120. The lowest BCUT2D eigenvalue weighted by Gasteiger charge is -2.10. The Kier molecular flexibility index (Phi) is 5.99. The molecule has 1 aromatic heterocycles. The number of carbonyl (C=O) groups excluding carboxylic acids is 1. The van der Waals surface area contributed by atoms with Crippen LogP contribution < -0.4 is 5.43 Å². The van der Waals surface area contributed by atoms with Gasteiger partial charge in [0.25, 0.3) is 0 Å². The first kappa shape index (κ1) is 19.2. The van der Waals surface area contributed by atoms with Crippen molar-refractivity contribution in [3.05, 3.63) is 87.2 Å². The molecule has 3 aromatic rings. The van der Waals surface area contributed by atoms with Crippen LogP contribution in [0.15, 0.2) is 59.7 Å². The van der Waals surface area contributed by atoms with Crippen LogP contribution in [-0.2, 0) is 11.2 Å². The summed E-state index contributed by atoms with van der Waals surface area (Å²) in [4.78, 5) is 12.0. The van der Waals surface area contributed by atoms with E-state index in [9.17, 15) is 4.79 Å². The maximum atomic E-state index is 12.0. The minimum absolute atomic E-state index is 0.157. The lowest BCUT2D eigenvalue weighted by Crippen LogP contribution is -2.19. The van der Waals surface area contributed by atoms with Crippen LogP contribution in [0.3, 0.4) is 0 Å². The Morgan fingerprint density at radius 3 is 2.52 bits per heavy atom. The molecule has 0 aliphatic rings. The third-order valence-corrected chi connectivity index (χ3v) is 4.97. The van der Waals surface area contributed by atoms with Gasteiger partial charge in [-0.05, 0) is 43.7 Å². The summed E-state index contributed by atoms with van der Waals surface area (Å²) >= 11 is 12.1. The number of amides is 1. The second kappa shape index (κ2) is 8.42. The number of halogens is 2. The van der Waals surface area contributed by atoms with Crippen molar-refractivity contribution in [1.82, 2.24) is 9.99 Å². The summed E-state index contributed by atoms with van der Waals surface area (Å²) in [6.07, 6.45) is 1.94. The molecule has 1 amide bonds. The number of nitrogens with one attached hydrogen (secondary N) is 1. The Morgan fingerprint density at radius 2 is 1.81 bits per heavy atom. The van der Waals surface area contributed by atoms with Crippen molar-refractivity contribution in [1.29, 1.82) is 0 Å². The molecule has 3 rings (SSSR count). The normalized spacial score (nSPS) is 11.1. The van der Waals surface area contributed by atoms with Crippen molar-refractivity contribution >= 4 is 35.3 Å². The monoisotopic (exact) mass is 399 g/mol. The molecule has 0 radical (unpaired) electrons. The van der Waals surface area contributed by atoms with E-state index in [1.54, 1.807) is 12.3 Å². The number of nitrogens with zero attached hydrogens (tertiary/aromatic N) is 2. The summed E-state index contributed by atoms with van der Waals surface area (Å²) in [7, 11) is 0. The molecule has 0 unspecified atom stereocenters. The van der Waals surface area contributed by atoms with Crippen molar-refractivity contribution < 1.29 is 4.79 Å². The zero-order chi connectivity index (χ0) is 19.4. The molecule has 27 heavy (non-hydrogen) atoms. The number of hydrogen-bond donors (Lipinski definition) is 1. The number of rotatable bonds is 5. The third kappa shape index (κ3) is 4.59. The average molecular weight is 400 g/mol. The van der Waals surface area contributed by atoms with Gasteiger partial charge in [0, 0.05) is 22.6 Å². The van der Waals surface area contributed by atoms with Gasteiger partial charge < -0.3 is 4.57 Å². The van der Waals surface area contributed by atoms with Gasteiger partial charge in [0.15, 0.2) is 0 Å². The third-order valence-electron chi connectivity index (χ3n) is 4.23. The molecule has 0 fully saturated rings. The highest BCUT2D eigenvalue weighted by Gasteiger charge is 2.11. The Balaban J connectivity index is 1.73. The first-order valence-corrected chi connectivity index (χ1v) is 9.21. The number of carbonyl (C=O) groups is 1. The first-order valence-electron chi connectivity index (χ1n) is 8.46. The molecule has 0 saturated carbocycles. The quantitative estimate of drug-likeness (QED) is 0.471. The highest BCUT2D eigenvalue weighted by molar-refractivity contribution is 6.42. The van der Waals surface area contributed by atoms with Crippen LogP contribution in [0, 0.1) is 13.8 Å². The zero-order valence-corrected chi connectivity index (χ0v) is 16.6. The number of hydrogen-bond acceptors (Lipinski definition) is 2. The van der Waals surface area contributed by atoms with E-state index < -0.39 is 0 Å². The van der Waals surface area contributed by atoms with Crippen LogP contribution in [-0.4, -0.2) is 16.7 Å². The van der Waals surface area contributed by atoms with E-state index in [0.717, 1.165) is 28.2 Å². The van der Waals surface area contributed by atoms with Crippen LogP contribution in [0.25, 0.3) is 5.69 Å². The van der Waals surface area contributed by atoms with E-state index in [1.807, 2.05) is 62.4 Å². The van der Waals surface area contributed by atoms with Gasteiger partial charge >= 0.3 is 0 Å². The van der Waals surface area contributed by atoms with Crippen LogP contribution in [0.1, 0.15) is 22.5 Å². The van der Waals surface area contributed by atoms with Gasteiger partial charge in [-0.25, -0.2) is 5.43 Å². The molecule has 6 heteroatoms. The Morgan fingerprint density at radius 1 is 1.07 bits per heavy atom. The number of hydrazone groups is 1. The highest BCUT2D eigenvalue weighted by Crippen LogP contribution is 2.27.